The van der Waals surface area contributed by atoms with Crippen LogP contribution < -0.4 is 10.2 Å². The van der Waals surface area contributed by atoms with Crippen molar-refractivity contribution >= 4 is 34.2 Å². The Morgan fingerprint density at radius 1 is 1.14 bits per heavy atom. The molecule has 0 amide bonds. The Labute approximate surface area is 203 Å². The van der Waals surface area contributed by atoms with Crippen LogP contribution in [0.4, 0.5) is 11.6 Å². The Morgan fingerprint density at radius 2 is 1.91 bits per heavy atom. The molecule has 2 N–H and O–H groups in total. The molecule has 2 fully saturated rings. The van der Waals surface area contributed by atoms with Crippen molar-refractivity contribution in [2.24, 2.45) is 0 Å². The number of hydrogen-bond donors (Lipinski definition) is 2. The van der Waals surface area contributed by atoms with E-state index in [1.165, 1.54) is 12.8 Å². The average Bonchev–Trinajstić information content (AvgIpc) is 3.59. The lowest BCUT2D eigenvalue weighted by atomic mass is 10.0. The lowest BCUT2D eigenvalue weighted by molar-refractivity contribution is 0.0698. The topological polar surface area (TPSA) is 98.9 Å². The van der Waals surface area contributed by atoms with Crippen LogP contribution in [0.15, 0.2) is 42.7 Å². The molecule has 0 bridgehead atoms. The third-order valence-corrected chi connectivity index (χ3v) is 7.16. The van der Waals surface area contributed by atoms with Crippen molar-refractivity contribution in [3.63, 3.8) is 0 Å². The number of rotatable bonds is 6. The Balaban J connectivity index is 1.42. The van der Waals surface area contributed by atoms with Crippen LogP contribution in [0.2, 0.25) is 0 Å². The zero-order valence-corrected chi connectivity index (χ0v) is 20.0. The fourth-order valence-corrected chi connectivity index (χ4v) is 5.21. The summed E-state index contributed by atoms with van der Waals surface area (Å²) in [5.74, 6) is -0.0958. The number of anilines is 2. The van der Waals surface area contributed by atoms with E-state index in [-0.39, 0.29) is 11.6 Å². The van der Waals surface area contributed by atoms with E-state index in [1.54, 1.807) is 24.5 Å². The van der Waals surface area contributed by atoms with Crippen LogP contribution in [0.25, 0.3) is 16.6 Å². The van der Waals surface area contributed by atoms with E-state index < -0.39 is 5.97 Å². The van der Waals surface area contributed by atoms with Gasteiger partial charge >= 0.3 is 5.97 Å². The number of nitrogens with zero attached hydrogens (tertiary/aromatic N) is 6. The van der Waals surface area contributed by atoms with Crippen molar-refractivity contribution in [1.82, 2.24) is 24.5 Å². The summed E-state index contributed by atoms with van der Waals surface area (Å²) >= 11 is 0. The summed E-state index contributed by atoms with van der Waals surface area (Å²) in [6, 6.07) is 11.8. The summed E-state index contributed by atoms with van der Waals surface area (Å²) in [6.45, 7) is 8.01. The lowest BCUT2D eigenvalue weighted by Crippen LogP contribution is -2.48. The van der Waals surface area contributed by atoms with E-state index in [4.69, 9.17) is 4.98 Å². The molecule has 2 aromatic carbocycles. The number of piperazine rings is 1. The third kappa shape index (κ3) is 3.95. The Hall–Kier alpha value is -3.72. The van der Waals surface area contributed by atoms with E-state index in [0.29, 0.717) is 5.69 Å². The molecule has 1 saturated heterocycles. The Morgan fingerprint density at radius 3 is 2.66 bits per heavy atom. The number of aromatic carboxylic acids is 1. The van der Waals surface area contributed by atoms with Gasteiger partial charge in [0, 0.05) is 48.9 Å². The van der Waals surface area contributed by atoms with Crippen LogP contribution in [-0.4, -0.2) is 67.8 Å². The largest absolute Gasteiger partial charge is 0.478 e. The number of carbonyl (C=O) groups is 1. The van der Waals surface area contributed by atoms with E-state index >= 15 is 0 Å². The Bertz CT molecular complexity index is 1420. The fourth-order valence-electron chi connectivity index (χ4n) is 5.21. The van der Waals surface area contributed by atoms with Crippen molar-refractivity contribution in [3.05, 3.63) is 59.4 Å². The molecule has 1 saturated carbocycles. The van der Waals surface area contributed by atoms with Gasteiger partial charge in [-0.25, -0.2) is 9.78 Å². The fraction of sp³-hybridized carbons (Fsp3) is 0.385. The van der Waals surface area contributed by atoms with Gasteiger partial charge in [-0.3, -0.25) is 9.30 Å². The Kier molecular flexibility index (Phi) is 5.29. The molecular weight excluding hydrogens is 442 g/mol. The number of carboxylic acid groups (broad SMARTS) is 1. The number of aromatic nitrogens is 4. The molecule has 2 aromatic heterocycles. The van der Waals surface area contributed by atoms with Gasteiger partial charge in [0.2, 0.25) is 5.95 Å². The minimum absolute atomic E-state index is 0.171. The zero-order chi connectivity index (χ0) is 24.1. The van der Waals surface area contributed by atoms with Crippen LogP contribution in [-0.2, 0) is 0 Å². The van der Waals surface area contributed by atoms with Crippen LogP contribution in [0, 0.1) is 6.92 Å². The van der Waals surface area contributed by atoms with Crippen molar-refractivity contribution < 1.29 is 9.90 Å². The molecule has 9 heteroatoms. The molecule has 35 heavy (non-hydrogen) atoms. The molecule has 1 atom stereocenters. The summed E-state index contributed by atoms with van der Waals surface area (Å²) in [7, 11) is 0. The first-order valence-electron chi connectivity index (χ1n) is 12.2. The monoisotopic (exact) mass is 471 g/mol. The maximum absolute atomic E-state index is 11.7. The van der Waals surface area contributed by atoms with E-state index in [1.807, 2.05) is 17.4 Å². The average molecular weight is 472 g/mol. The van der Waals surface area contributed by atoms with Gasteiger partial charge in [-0.15, -0.1) is 10.2 Å². The van der Waals surface area contributed by atoms with Crippen molar-refractivity contribution in [2.75, 3.05) is 36.4 Å². The molecule has 2 aliphatic rings. The second-order valence-electron chi connectivity index (χ2n) is 9.66. The predicted octanol–water partition coefficient (Wildman–Crippen LogP) is 3.74. The predicted molar refractivity (Wildman–Crippen MR) is 135 cm³/mol. The number of benzene rings is 2. The van der Waals surface area contributed by atoms with Gasteiger partial charge in [0.1, 0.15) is 6.33 Å². The van der Waals surface area contributed by atoms with Gasteiger partial charge in [-0.05, 0) is 50.5 Å². The van der Waals surface area contributed by atoms with Gasteiger partial charge < -0.3 is 15.3 Å². The molecule has 9 nitrogen and oxygen atoms in total. The first kappa shape index (κ1) is 21.8. The highest BCUT2D eigenvalue weighted by Gasteiger charge is 2.32. The molecule has 4 aromatic rings. The standard InChI is InChI=1S/C26H29N7O2/c1-16-13-20(17(2)28-22-6-4-3-5-19(22)25(34)35)23-21(14-16)24-30-27-15-33(24)26(29-23)32-11-9-31(10-12-32)18-7-8-18/h3-6,13-15,17-18,28H,7-12H2,1-2H3,(H,34,35)/t17-/m1/s1. The minimum Gasteiger partial charge on any atom is -0.478 e. The third-order valence-electron chi connectivity index (χ3n) is 7.16. The summed E-state index contributed by atoms with van der Waals surface area (Å²) in [4.78, 5) is 21.8. The summed E-state index contributed by atoms with van der Waals surface area (Å²) < 4.78 is 2.00. The highest BCUT2D eigenvalue weighted by Crippen LogP contribution is 2.33. The quantitative estimate of drug-likeness (QED) is 0.439. The second kappa shape index (κ2) is 8.49. The molecule has 6 rings (SSSR count). The summed E-state index contributed by atoms with van der Waals surface area (Å²) in [5, 5.41) is 22.6. The maximum Gasteiger partial charge on any atom is 0.337 e. The van der Waals surface area contributed by atoms with Gasteiger partial charge in [0.15, 0.2) is 5.65 Å². The van der Waals surface area contributed by atoms with Crippen LogP contribution >= 0.6 is 0 Å². The first-order chi connectivity index (χ1) is 17.0. The van der Waals surface area contributed by atoms with E-state index in [9.17, 15) is 9.90 Å². The normalized spacial score (nSPS) is 17.7. The lowest BCUT2D eigenvalue weighted by Gasteiger charge is -2.35. The van der Waals surface area contributed by atoms with Crippen LogP contribution in [0.1, 0.15) is 47.3 Å². The highest BCUT2D eigenvalue weighted by atomic mass is 16.4. The first-order valence-corrected chi connectivity index (χ1v) is 12.2. The van der Waals surface area contributed by atoms with Gasteiger partial charge in [-0.1, -0.05) is 18.2 Å². The molecule has 0 unspecified atom stereocenters. The van der Waals surface area contributed by atoms with Crippen molar-refractivity contribution in [2.45, 2.75) is 38.8 Å². The van der Waals surface area contributed by atoms with Crippen molar-refractivity contribution in [1.29, 1.82) is 0 Å². The van der Waals surface area contributed by atoms with E-state index in [2.05, 4.69) is 44.4 Å². The van der Waals surface area contributed by atoms with Crippen molar-refractivity contribution in [3.8, 4) is 0 Å². The summed E-state index contributed by atoms with van der Waals surface area (Å²) in [6.07, 6.45) is 4.39. The van der Waals surface area contributed by atoms with Crippen LogP contribution in [0.5, 0.6) is 0 Å². The molecule has 3 heterocycles. The number of para-hydroxylation sites is 1. The highest BCUT2D eigenvalue weighted by molar-refractivity contribution is 5.96. The van der Waals surface area contributed by atoms with Gasteiger partial charge in [0.05, 0.1) is 17.1 Å². The molecule has 1 aliphatic carbocycles. The number of fused-ring (bicyclic) bond motifs is 3. The molecule has 180 valence electrons. The minimum atomic E-state index is -0.953. The van der Waals surface area contributed by atoms with Crippen LogP contribution in [0.3, 0.4) is 0 Å². The molecular formula is C26H29N7O2. The smallest absolute Gasteiger partial charge is 0.337 e. The number of aryl methyl sites for hydroxylation is 1. The van der Waals surface area contributed by atoms with Gasteiger partial charge in [-0.2, -0.15) is 0 Å². The molecule has 0 radical (unpaired) electrons. The number of hydrogen-bond acceptors (Lipinski definition) is 7. The maximum atomic E-state index is 11.7. The SMILES string of the molecule is Cc1cc([C@@H](C)Nc2ccccc2C(=O)O)c2nc(N3CCN(C4CC4)CC3)n3cnnc3c2c1. The van der Waals surface area contributed by atoms with E-state index in [0.717, 1.165) is 65.8 Å². The number of carboxylic acids is 1. The zero-order valence-electron chi connectivity index (χ0n) is 20.0. The summed E-state index contributed by atoms with van der Waals surface area (Å²) in [5.41, 5.74) is 4.58. The molecule has 0 spiro atoms. The number of nitrogens with one attached hydrogen (secondary N) is 1. The second-order valence-corrected chi connectivity index (χ2v) is 9.66. The molecule has 1 aliphatic heterocycles. The van der Waals surface area contributed by atoms with Gasteiger partial charge in [0.25, 0.3) is 0 Å².